The van der Waals surface area contributed by atoms with Crippen LogP contribution in [0.15, 0.2) is 46.9 Å². The summed E-state index contributed by atoms with van der Waals surface area (Å²) in [7, 11) is 1.52. The number of anilines is 1. The third kappa shape index (κ3) is 4.67. The first-order chi connectivity index (χ1) is 16.3. The summed E-state index contributed by atoms with van der Waals surface area (Å²) in [6.45, 7) is 4.85. The van der Waals surface area contributed by atoms with Gasteiger partial charge in [0.05, 0.1) is 18.3 Å². The minimum absolute atomic E-state index is 0.277. The number of nitrogens with zero attached hydrogens (tertiary/aromatic N) is 4. The lowest BCUT2D eigenvalue weighted by molar-refractivity contribution is 0.0995. The summed E-state index contributed by atoms with van der Waals surface area (Å²) in [4.78, 5) is 29.6. The Balaban J connectivity index is 1.78. The predicted molar refractivity (Wildman–Crippen MR) is 133 cm³/mol. The van der Waals surface area contributed by atoms with E-state index in [1.165, 1.54) is 7.11 Å². The van der Waals surface area contributed by atoms with Crippen molar-refractivity contribution in [3.63, 3.8) is 0 Å². The summed E-state index contributed by atoms with van der Waals surface area (Å²) in [5, 5.41) is 7.27. The van der Waals surface area contributed by atoms with Crippen molar-refractivity contribution in [1.82, 2.24) is 19.3 Å². The van der Waals surface area contributed by atoms with Crippen molar-refractivity contribution in [2.75, 3.05) is 12.4 Å². The standard InChI is InChI=1S/C24H25BrN6O3/c1-4-31-19(11-14(2)29-31)23(33)28-24-27-18-12-16(22(26)32)13-20(34-3)21(18)30(24)10-9-15-5-7-17(25)8-6-15/h5-8,11-13H,4,9-10H2,1-3H3,(H2,26,32)(H,27,28,33). The second-order valence-corrected chi connectivity index (χ2v) is 8.73. The Morgan fingerprint density at radius 1 is 1.18 bits per heavy atom. The summed E-state index contributed by atoms with van der Waals surface area (Å²) in [6.07, 6.45) is 0.689. The number of benzene rings is 2. The Morgan fingerprint density at radius 3 is 2.56 bits per heavy atom. The number of carbonyl (C=O) groups excluding carboxylic acids is 2. The van der Waals surface area contributed by atoms with Gasteiger partial charge in [-0.1, -0.05) is 28.1 Å². The number of rotatable bonds is 8. The zero-order valence-electron chi connectivity index (χ0n) is 19.1. The summed E-state index contributed by atoms with van der Waals surface area (Å²) >= 11 is 3.46. The highest BCUT2D eigenvalue weighted by Crippen LogP contribution is 2.31. The molecule has 0 spiro atoms. The molecular weight excluding hydrogens is 500 g/mol. The molecule has 0 saturated heterocycles. The molecule has 9 nitrogen and oxygen atoms in total. The van der Waals surface area contributed by atoms with Crippen LogP contribution in [0.25, 0.3) is 11.0 Å². The minimum atomic E-state index is -0.586. The van der Waals surface area contributed by atoms with Gasteiger partial charge in [0.15, 0.2) is 0 Å². The van der Waals surface area contributed by atoms with E-state index in [-0.39, 0.29) is 11.5 Å². The molecule has 0 saturated carbocycles. The van der Waals surface area contributed by atoms with Gasteiger partial charge in [-0.3, -0.25) is 19.6 Å². The summed E-state index contributed by atoms with van der Waals surface area (Å²) < 4.78 is 10.1. The van der Waals surface area contributed by atoms with Gasteiger partial charge in [-0.2, -0.15) is 5.10 Å². The molecule has 34 heavy (non-hydrogen) atoms. The molecule has 0 fully saturated rings. The van der Waals surface area contributed by atoms with E-state index in [1.807, 2.05) is 42.7 Å². The van der Waals surface area contributed by atoms with Crippen LogP contribution in [0.3, 0.4) is 0 Å². The Kier molecular flexibility index (Phi) is 6.69. The van der Waals surface area contributed by atoms with E-state index >= 15 is 0 Å². The van der Waals surface area contributed by atoms with E-state index in [0.29, 0.717) is 47.9 Å². The number of methoxy groups -OCH3 is 1. The number of nitrogens with two attached hydrogens (primary N) is 1. The first-order valence-electron chi connectivity index (χ1n) is 10.8. The van der Waals surface area contributed by atoms with Gasteiger partial charge in [0.1, 0.15) is 17.0 Å². The fraction of sp³-hybridized carbons (Fsp3) is 0.250. The molecule has 10 heteroatoms. The third-order valence-corrected chi connectivity index (χ3v) is 6.04. The van der Waals surface area contributed by atoms with Crippen molar-refractivity contribution >= 4 is 44.7 Å². The molecule has 0 bridgehead atoms. The first kappa shape index (κ1) is 23.5. The van der Waals surface area contributed by atoms with Crippen LogP contribution in [0, 0.1) is 6.92 Å². The summed E-state index contributed by atoms with van der Waals surface area (Å²) in [5.41, 5.74) is 9.26. The molecule has 176 valence electrons. The molecule has 2 aromatic heterocycles. The highest BCUT2D eigenvalue weighted by Gasteiger charge is 2.21. The third-order valence-electron chi connectivity index (χ3n) is 5.51. The van der Waals surface area contributed by atoms with Crippen molar-refractivity contribution in [2.24, 2.45) is 5.73 Å². The molecule has 0 atom stereocenters. The van der Waals surface area contributed by atoms with E-state index in [1.54, 1.807) is 22.9 Å². The molecular formula is C24H25BrN6O3. The average molecular weight is 525 g/mol. The number of primary amides is 1. The average Bonchev–Trinajstić information content (AvgIpc) is 3.37. The Morgan fingerprint density at radius 2 is 1.91 bits per heavy atom. The molecule has 0 unspecified atom stereocenters. The van der Waals surface area contributed by atoms with Crippen LogP contribution in [0.1, 0.15) is 39.0 Å². The van der Waals surface area contributed by atoms with Gasteiger partial charge in [0.25, 0.3) is 5.91 Å². The second kappa shape index (κ2) is 9.68. The fourth-order valence-electron chi connectivity index (χ4n) is 3.87. The fourth-order valence-corrected chi connectivity index (χ4v) is 4.13. The van der Waals surface area contributed by atoms with Gasteiger partial charge in [-0.25, -0.2) is 4.98 Å². The van der Waals surface area contributed by atoms with Crippen molar-refractivity contribution in [1.29, 1.82) is 0 Å². The van der Waals surface area contributed by atoms with Crippen LogP contribution in [-0.4, -0.2) is 38.3 Å². The van der Waals surface area contributed by atoms with Crippen LogP contribution < -0.4 is 15.8 Å². The monoisotopic (exact) mass is 524 g/mol. The maximum absolute atomic E-state index is 13.1. The number of carbonyl (C=O) groups is 2. The summed E-state index contributed by atoms with van der Waals surface area (Å²) in [5.74, 6) is -0.114. The number of hydrogen-bond donors (Lipinski definition) is 2. The quantitative estimate of drug-likeness (QED) is 0.362. The zero-order valence-corrected chi connectivity index (χ0v) is 20.7. The molecule has 2 heterocycles. The van der Waals surface area contributed by atoms with Crippen LogP contribution in [0.2, 0.25) is 0 Å². The Bertz CT molecular complexity index is 1370. The first-order valence-corrected chi connectivity index (χ1v) is 11.6. The zero-order chi connectivity index (χ0) is 24.4. The minimum Gasteiger partial charge on any atom is -0.494 e. The van der Waals surface area contributed by atoms with Gasteiger partial charge in [0.2, 0.25) is 11.9 Å². The molecule has 0 aliphatic rings. The molecule has 2 aromatic carbocycles. The second-order valence-electron chi connectivity index (χ2n) is 7.81. The van der Waals surface area contributed by atoms with Crippen LogP contribution >= 0.6 is 15.9 Å². The van der Waals surface area contributed by atoms with E-state index in [0.717, 1.165) is 15.7 Å². The normalized spacial score (nSPS) is 11.1. The van der Waals surface area contributed by atoms with Gasteiger partial charge in [-0.15, -0.1) is 0 Å². The molecule has 2 amide bonds. The van der Waals surface area contributed by atoms with E-state index in [2.05, 4.69) is 31.3 Å². The van der Waals surface area contributed by atoms with Crippen molar-refractivity contribution in [3.05, 3.63) is 69.5 Å². The molecule has 3 N–H and O–H groups in total. The maximum atomic E-state index is 13.1. The molecule has 4 rings (SSSR count). The lowest BCUT2D eigenvalue weighted by Crippen LogP contribution is -2.20. The van der Waals surface area contributed by atoms with Crippen LogP contribution in [0.4, 0.5) is 5.95 Å². The van der Waals surface area contributed by atoms with Gasteiger partial charge >= 0.3 is 0 Å². The Hall–Kier alpha value is -3.66. The number of ether oxygens (including phenoxy) is 1. The molecule has 0 aliphatic heterocycles. The number of aryl methyl sites for hydroxylation is 4. The Labute approximate surface area is 205 Å². The molecule has 0 radical (unpaired) electrons. The maximum Gasteiger partial charge on any atom is 0.276 e. The molecule has 4 aromatic rings. The van der Waals surface area contributed by atoms with Crippen molar-refractivity contribution in [2.45, 2.75) is 33.4 Å². The summed E-state index contributed by atoms with van der Waals surface area (Å²) in [6, 6.07) is 13.0. The van der Waals surface area contributed by atoms with E-state index < -0.39 is 5.91 Å². The van der Waals surface area contributed by atoms with Crippen LogP contribution in [0.5, 0.6) is 5.75 Å². The number of amides is 2. The van der Waals surface area contributed by atoms with E-state index in [9.17, 15) is 9.59 Å². The highest BCUT2D eigenvalue weighted by atomic mass is 79.9. The smallest absolute Gasteiger partial charge is 0.276 e. The molecule has 0 aliphatic carbocycles. The van der Waals surface area contributed by atoms with Gasteiger partial charge in [-0.05, 0) is 56.2 Å². The van der Waals surface area contributed by atoms with Crippen molar-refractivity contribution < 1.29 is 14.3 Å². The number of halogens is 1. The number of nitrogens with one attached hydrogen (secondary N) is 1. The number of imidazole rings is 1. The van der Waals surface area contributed by atoms with Crippen LogP contribution in [-0.2, 0) is 19.5 Å². The van der Waals surface area contributed by atoms with Gasteiger partial charge in [0, 0.05) is 23.1 Å². The largest absolute Gasteiger partial charge is 0.494 e. The number of aromatic nitrogens is 4. The lowest BCUT2D eigenvalue weighted by Gasteiger charge is -2.13. The lowest BCUT2D eigenvalue weighted by atomic mass is 10.1. The van der Waals surface area contributed by atoms with E-state index in [4.69, 9.17) is 10.5 Å². The van der Waals surface area contributed by atoms with Crippen molar-refractivity contribution in [3.8, 4) is 5.75 Å². The van der Waals surface area contributed by atoms with Gasteiger partial charge < -0.3 is 15.0 Å². The SMILES string of the molecule is CCn1nc(C)cc1C(=O)Nc1nc2cc(C(N)=O)cc(OC)c2n1CCc1ccc(Br)cc1. The number of hydrogen-bond acceptors (Lipinski definition) is 5. The topological polar surface area (TPSA) is 117 Å². The number of fused-ring (bicyclic) bond motifs is 1. The highest BCUT2D eigenvalue weighted by molar-refractivity contribution is 9.10. The predicted octanol–water partition coefficient (Wildman–Crippen LogP) is 3.93.